The summed E-state index contributed by atoms with van der Waals surface area (Å²) in [6.45, 7) is 3.70. The Labute approximate surface area is 181 Å². The molecule has 0 bridgehead atoms. The monoisotopic (exact) mass is 417 g/mol. The van der Waals surface area contributed by atoms with E-state index >= 15 is 0 Å². The van der Waals surface area contributed by atoms with E-state index in [1.807, 2.05) is 63.0 Å². The van der Waals surface area contributed by atoms with Crippen molar-refractivity contribution in [3.63, 3.8) is 0 Å². The highest BCUT2D eigenvalue weighted by Crippen LogP contribution is 2.23. The van der Waals surface area contributed by atoms with Gasteiger partial charge in [0.25, 0.3) is 5.91 Å². The number of benzene rings is 2. The molecule has 0 radical (unpaired) electrons. The lowest BCUT2D eigenvalue weighted by Gasteiger charge is -2.33. The quantitative estimate of drug-likeness (QED) is 0.654. The van der Waals surface area contributed by atoms with Crippen LogP contribution in [0.2, 0.25) is 0 Å². The van der Waals surface area contributed by atoms with Gasteiger partial charge in [0.05, 0.1) is 12.1 Å². The number of para-hydroxylation sites is 1. The van der Waals surface area contributed by atoms with Crippen molar-refractivity contribution in [2.24, 2.45) is 5.92 Å². The lowest BCUT2D eigenvalue weighted by atomic mass is 9.95. The van der Waals surface area contributed by atoms with E-state index in [1.165, 1.54) is 0 Å². The summed E-state index contributed by atoms with van der Waals surface area (Å²) in [4.78, 5) is 29.4. The molecule has 7 heteroatoms. The van der Waals surface area contributed by atoms with E-state index in [0.29, 0.717) is 25.2 Å². The Balaban J connectivity index is 1.19. The van der Waals surface area contributed by atoms with E-state index < -0.39 is 0 Å². The minimum atomic E-state index is 0.0461. The molecule has 160 valence electrons. The van der Waals surface area contributed by atoms with Crippen molar-refractivity contribution in [2.75, 3.05) is 26.2 Å². The molecular formula is C24H27N5O2. The zero-order valence-electron chi connectivity index (χ0n) is 17.6. The van der Waals surface area contributed by atoms with Gasteiger partial charge in [0.1, 0.15) is 5.52 Å². The van der Waals surface area contributed by atoms with Gasteiger partial charge in [-0.25, -0.2) is 4.68 Å². The number of nitrogens with zero attached hydrogens (tertiary/aromatic N) is 5. The van der Waals surface area contributed by atoms with Crippen LogP contribution in [0.25, 0.3) is 11.0 Å². The zero-order valence-corrected chi connectivity index (χ0v) is 17.6. The average molecular weight is 418 g/mol. The number of piperidine rings is 1. The van der Waals surface area contributed by atoms with Crippen LogP contribution in [0.5, 0.6) is 0 Å². The van der Waals surface area contributed by atoms with Crippen molar-refractivity contribution < 1.29 is 9.59 Å². The van der Waals surface area contributed by atoms with Gasteiger partial charge in [0.2, 0.25) is 5.91 Å². The van der Waals surface area contributed by atoms with E-state index in [9.17, 15) is 9.59 Å². The molecule has 2 aromatic carbocycles. The van der Waals surface area contributed by atoms with E-state index in [4.69, 9.17) is 0 Å². The molecule has 0 aliphatic carbocycles. The molecule has 0 saturated carbocycles. The highest BCUT2D eigenvalue weighted by Gasteiger charge is 2.31. The molecule has 2 aliphatic heterocycles. The molecule has 0 N–H and O–H groups in total. The summed E-state index contributed by atoms with van der Waals surface area (Å²) in [5, 5.41) is 8.42. The van der Waals surface area contributed by atoms with Gasteiger partial charge in [-0.05, 0) is 55.5 Å². The Hall–Kier alpha value is -3.22. The molecule has 5 rings (SSSR count). The number of carbonyl (C=O) groups excluding carboxylic acids is 2. The number of aromatic nitrogens is 3. The number of amides is 2. The smallest absolute Gasteiger partial charge is 0.253 e. The summed E-state index contributed by atoms with van der Waals surface area (Å²) < 4.78 is 1.87. The Morgan fingerprint density at radius 2 is 1.58 bits per heavy atom. The number of hydrogen-bond donors (Lipinski definition) is 0. The second kappa shape index (κ2) is 8.49. The van der Waals surface area contributed by atoms with Crippen molar-refractivity contribution in [1.82, 2.24) is 24.8 Å². The van der Waals surface area contributed by atoms with Crippen LogP contribution in [0.1, 0.15) is 41.6 Å². The lowest BCUT2D eigenvalue weighted by Crippen LogP contribution is -2.43. The van der Waals surface area contributed by atoms with E-state index in [1.54, 1.807) is 0 Å². The summed E-state index contributed by atoms with van der Waals surface area (Å²) in [6, 6.07) is 15.6. The van der Waals surface area contributed by atoms with Gasteiger partial charge in [-0.1, -0.05) is 29.5 Å². The number of fused-ring (bicyclic) bond motifs is 1. The van der Waals surface area contributed by atoms with Gasteiger partial charge in [0.15, 0.2) is 0 Å². The van der Waals surface area contributed by atoms with Crippen molar-refractivity contribution >= 4 is 22.8 Å². The molecule has 1 aromatic heterocycles. The first-order chi connectivity index (χ1) is 15.2. The number of rotatable bonds is 4. The molecule has 0 unspecified atom stereocenters. The summed E-state index contributed by atoms with van der Waals surface area (Å²) >= 11 is 0. The first-order valence-electron chi connectivity index (χ1n) is 11.1. The van der Waals surface area contributed by atoms with Crippen molar-refractivity contribution in [3.05, 3.63) is 59.7 Å². The predicted molar refractivity (Wildman–Crippen MR) is 118 cm³/mol. The fourth-order valence-corrected chi connectivity index (χ4v) is 4.67. The zero-order chi connectivity index (χ0) is 21.2. The molecule has 2 amide bonds. The Kier molecular flexibility index (Phi) is 5.40. The minimum Gasteiger partial charge on any atom is -0.342 e. The normalized spacial score (nSPS) is 17.4. The summed E-state index contributed by atoms with van der Waals surface area (Å²) in [5.74, 6) is 0.404. The molecule has 31 heavy (non-hydrogen) atoms. The van der Waals surface area contributed by atoms with Gasteiger partial charge >= 0.3 is 0 Å². The largest absolute Gasteiger partial charge is 0.342 e. The highest BCUT2D eigenvalue weighted by atomic mass is 16.2. The molecule has 3 aromatic rings. The second-order valence-electron chi connectivity index (χ2n) is 8.53. The number of likely N-dealkylation sites (tertiary alicyclic amines) is 2. The predicted octanol–water partition coefficient (Wildman–Crippen LogP) is 2.95. The third-order valence-electron chi connectivity index (χ3n) is 6.50. The maximum absolute atomic E-state index is 12.9. The lowest BCUT2D eigenvalue weighted by molar-refractivity contribution is -0.135. The average Bonchev–Trinajstić information content (AvgIpc) is 3.50. The van der Waals surface area contributed by atoms with E-state index in [0.717, 1.165) is 55.4 Å². The van der Waals surface area contributed by atoms with Crippen LogP contribution in [0.3, 0.4) is 0 Å². The second-order valence-corrected chi connectivity index (χ2v) is 8.53. The van der Waals surface area contributed by atoms with E-state index in [2.05, 4.69) is 10.3 Å². The molecule has 2 saturated heterocycles. The topological polar surface area (TPSA) is 71.3 Å². The third-order valence-corrected chi connectivity index (χ3v) is 6.50. The molecular weight excluding hydrogens is 390 g/mol. The Morgan fingerprint density at radius 1 is 0.871 bits per heavy atom. The molecule has 3 heterocycles. The van der Waals surface area contributed by atoms with Crippen molar-refractivity contribution in [1.29, 1.82) is 0 Å². The van der Waals surface area contributed by atoms with Crippen molar-refractivity contribution in [3.8, 4) is 0 Å². The Bertz CT molecular complexity index is 1080. The van der Waals surface area contributed by atoms with Gasteiger partial charge < -0.3 is 9.80 Å². The van der Waals surface area contributed by atoms with Gasteiger partial charge in [-0.15, -0.1) is 5.10 Å². The SMILES string of the molecule is O=C(c1ccc(Cn2nnc3ccccc32)cc1)N1CCC(C(=O)N2CCCC2)CC1. The molecule has 2 fully saturated rings. The van der Waals surface area contributed by atoms with Gasteiger partial charge in [-0.3, -0.25) is 9.59 Å². The third kappa shape index (κ3) is 4.04. The van der Waals surface area contributed by atoms with Crippen LogP contribution in [-0.2, 0) is 11.3 Å². The molecule has 0 spiro atoms. The Morgan fingerprint density at radius 3 is 2.32 bits per heavy atom. The summed E-state index contributed by atoms with van der Waals surface area (Å²) in [6.07, 6.45) is 3.76. The van der Waals surface area contributed by atoms with Crippen LogP contribution in [-0.4, -0.2) is 62.8 Å². The summed E-state index contributed by atoms with van der Waals surface area (Å²) in [7, 11) is 0. The fourth-order valence-electron chi connectivity index (χ4n) is 4.67. The van der Waals surface area contributed by atoms with Crippen LogP contribution >= 0.6 is 0 Å². The number of hydrogen-bond acceptors (Lipinski definition) is 4. The maximum Gasteiger partial charge on any atom is 0.253 e. The van der Waals surface area contributed by atoms with Crippen LogP contribution in [0.4, 0.5) is 0 Å². The first kappa shape index (κ1) is 19.7. The molecule has 0 atom stereocenters. The highest BCUT2D eigenvalue weighted by molar-refractivity contribution is 5.94. The minimum absolute atomic E-state index is 0.0461. The maximum atomic E-state index is 12.9. The van der Waals surface area contributed by atoms with Crippen LogP contribution in [0, 0.1) is 5.92 Å². The standard InChI is InChI=1S/C24H27N5O2/c30-23(28-15-11-20(12-16-28)24(31)27-13-3-4-14-27)19-9-7-18(8-10-19)17-29-22-6-2-1-5-21(22)25-26-29/h1-2,5-10,20H,3-4,11-17H2. The van der Waals surface area contributed by atoms with Gasteiger partial charge in [0, 0.05) is 37.7 Å². The fraction of sp³-hybridized carbons (Fsp3) is 0.417. The number of carbonyl (C=O) groups is 2. The van der Waals surface area contributed by atoms with Crippen molar-refractivity contribution in [2.45, 2.75) is 32.2 Å². The molecule has 2 aliphatic rings. The first-order valence-corrected chi connectivity index (χ1v) is 11.1. The van der Waals surface area contributed by atoms with Crippen LogP contribution in [0.15, 0.2) is 48.5 Å². The van der Waals surface area contributed by atoms with Crippen LogP contribution < -0.4 is 0 Å². The molecule has 7 nitrogen and oxygen atoms in total. The van der Waals surface area contributed by atoms with E-state index in [-0.39, 0.29) is 17.7 Å². The summed E-state index contributed by atoms with van der Waals surface area (Å²) in [5.41, 5.74) is 3.63. The van der Waals surface area contributed by atoms with Gasteiger partial charge in [-0.2, -0.15) is 0 Å².